The lowest BCUT2D eigenvalue weighted by molar-refractivity contribution is -0.126. The molecule has 3 aliphatic heterocycles. The number of hydrogen-bond donors (Lipinski definition) is 1. The summed E-state index contributed by atoms with van der Waals surface area (Å²) in [5.41, 5.74) is 7.43. The summed E-state index contributed by atoms with van der Waals surface area (Å²) >= 11 is 0. The fourth-order valence-electron chi connectivity index (χ4n) is 4.91. The first-order valence-electron chi connectivity index (χ1n) is 11.1. The zero-order valence-corrected chi connectivity index (χ0v) is 17.9. The minimum absolute atomic E-state index is 0.0321. The number of para-hydroxylation sites is 1. The summed E-state index contributed by atoms with van der Waals surface area (Å²) < 4.78 is 15.9. The van der Waals surface area contributed by atoms with Crippen molar-refractivity contribution in [1.29, 1.82) is 0 Å². The second kappa shape index (κ2) is 7.94. The van der Waals surface area contributed by atoms with Crippen molar-refractivity contribution < 1.29 is 14.1 Å². The Morgan fingerprint density at radius 3 is 3.00 bits per heavy atom. The van der Waals surface area contributed by atoms with Gasteiger partial charge in [-0.1, -0.05) is 30.3 Å². The highest BCUT2D eigenvalue weighted by Gasteiger charge is 2.31. The van der Waals surface area contributed by atoms with Crippen LogP contribution in [-0.2, 0) is 16.3 Å². The van der Waals surface area contributed by atoms with Crippen molar-refractivity contribution in [1.82, 2.24) is 20.0 Å². The van der Waals surface area contributed by atoms with Gasteiger partial charge in [0.2, 0.25) is 0 Å². The van der Waals surface area contributed by atoms with Crippen molar-refractivity contribution in [2.75, 3.05) is 13.1 Å². The van der Waals surface area contributed by atoms with E-state index < -0.39 is 0 Å². The molecule has 1 N–H and O–H groups in total. The van der Waals surface area contributed by atoms with Crippen molar-refractivity contribution >= 4 is 16.8 Å². The maximum Gasteiger partial charge on any atom is 0.254 e. The summed E-state index contributed by atoms with van der Waals surface area (Å²) in [5.74, 6) is 0.0664. The Morgan fingerprint density at radius 2 is 2.09 bits per heavy atom. The van der Waals surface area contributed by atoms with E-state index in [9.17, 15) is 9.18 Å². The summed E-state index contributed by atoms with van der Waals surface area (Å²) in [6.45, 7) is 2.00. The number of hydroxylamine groups is 3. The molecule has 6 nitrogen and oxygen atoms in total. The number of hydrogen-bond acceptors (Lipinski definition) is 4. The molecule has 2 aromatic carbocycles. The van der Waals surface area contributed by atoms with Crippen molar-refractivity contribution in [2.45, 2.75) is 18.9 Å². The van der Waals surface area contributed by atoms with Crippen LogP contribution in [0.2, 0.25) is 0 Å². The van der Waals surface area contributed by atoms with Crippen LogP contribution in [0.5, 0.6) is 0 Å². The first-order valence-corrected chi connectivity index (χ1v) is 11.1. The van der Waals surface area contributed by atoms with Crippen LogP contribution in [0.3, 0.4) is 0 Å². The number of nitrogens with zero attached hydrogens (tertiary/aromatic N) is 3. The molecule has 1 unspecified atom stereocenters. The highest BCUT2D eigenvalue weighted by molar-refractivity contribution is 5.97. The predicted molar refractivity (Wildman–Crippen MR) is 123 cm³/mol. The highest BCUT2D eigenvalue weighted by atomic mass is 19.1. The Bertz CT molecular complexity index is 1340. The average molecular weight is 442 g/mol. The SMILES string of the molecule is O=C(C1=CC2=CNON2C=C1)N1CCC(c2cn(Cc3cccc(F)c3)c3ccccc23)C1. The Labute approximate surface area is 190 Å². The molecule has 0 bridgehead atoms. The fourth-order valence-corrected chi connectivity index (χ4v) is 4.91. The molecule has 0 saturated carbocycles. The first-order chi connectivity index (χ1) is 16.2. The van der Waals surface area contributed by atoms with Gasteiger partial charge in [-0.05, 0) is 47.9 Å². The van der Waals surface area contributed by atoms with E-state index in [1.54, 1.807) is 35.7 Å². The third-order valence-electron chi connectivity index (χ3n) is 6.53. The van der Waals surface area contributed by atoms with E-state index in [0.717, 1.165) is 29.7 Å². The van der Waals surface area contributed by atoms with Gasteiger partial charge in [0.15, 0.2) is 0 Å². The normalized spacial score (nSPS) is 19.5. The second-order valence-electron chi connectivity index (χ2n) is 8.62. The molecule has 33 heavy (non-hydrogen) atoms. The van der Waals surface area contributed by atoms with E-state index in [4.69, 9.17) is 4.94 Å². The van der Waals surface area contributed by atoms with Crippen LogP contribution < -0.4 is 5.48 Å². The minimum atomic E-state index is -0.223. The molecular formula is C26H23FN4O2. The Hall–Kier alpha value is -3.84. The van der Waals surface area contributed by atoms with E-state index >= 15 is 0 Å². The first kappa shape index (κ1) is 19.8. The Balaban J connectivity index is 1.25. The summed E-state index contributed by atoms with van der Waals surface area (Å²) in [7, 11) is 0. The summed E-state index contributed by atoms with van der Waals surface area (Å²) in [5, 5.41) is 2.77. The molecule has 1 aromatic heterocycles. The summed E-state index contributed by atoms with van der Waals surface area (Å²) in [6.07, 6.45) is 10.2. The molecule has 0 radical (unpaired) electrons. The van der Waals surface area contributed by atoms with Crippen molar-refractivity contribution in [3.8, 4) is 0 Å². The van der Waals surface area contributed by atoms with Gasteiger partial charge in [0, 0.05) is 54.4 Å². The second-order valence-corrected chi connectivity index (χ2v) is 8.62. The van der Waals surface area contributed by atoms with Crippen molar-refractivity contribution in [3.05, 3.63) is 107 Å². The lowest BCUT2D eigenvalue weighted by atomic mass is 9.98. The predicted octanol–water partition coefficient (Wildman–Crippen LogP) is 4.19. The summed E-state index contributed by atoms with van der Waals surface area (Å²) in [4.78, 5) is 20.3. The lowest BCUT2D eigenvalue weighted by Crippen LogP contribution is -2.30. The molecule has 4 heterocycles. The van der Waals surface area contributed by atoms with Gasteiger partial charge in [0.25, 0.3) is 5.91 Å². The van der Waals surface area contributed by atoms with E-state index in [0.29, 0.717) is 18.7 Å². The molecule has 0 spiro atoms. The van der Waals surface area contributed by atoms with Gasteiger partial charge in [-0.25, -0.2) is 14.9 Å². The molecular weight excluding hydrogens is 419 g/mol. The number of benzene rings is 2. The molecule has 3 aromatic rings. The Morgan fingerprint density at radius 1 is 1.18 bits per heavy atom. The number of aromatic nitrogens is 1. The number of likely N-dealkylation sites (tertiary alicyclic amines) is 1. The zero-order chi connectivity index (χ0) is 22.4. The average Bonchev–Trinajstić information content (AvgIpc) is 3.57. The van der Waals surface area contributed by atoms with Crippen LogP contribution >= 0.6 is 0 Å². The molecule has 1 atom stereocenters. The number of nitrogens with one attached hydrogen (secondary N) is 1. The third-order valence-corrected chi connectivity index (χ3v) is 6.53. The highest BCUT2D eigenvalue weighted by Crippen LogP contribution is 2.35. The molecule has 0 aliphatic carbocycles. The minimum Gasteiger partial charge on any atom is -0.343 e. The van der Waals surface area contributed by atoms with Gasteiger partial charge in [-0.3, -0.25) is 4.79 Å². The molecule has 1 amide bonds. The number of rotatable bonds is 4. The Kier molecular flexibility index (Phi) is 4.77. The smallest absolute Gasteiger partial charge is 0.254 e. The van der Waals surface area contributed by atoms with Gasteiger partial charge < -0.3 is 9.47 Å². The fraction of sp³-hybridized carbons (Fsp3) is 0.192. The van der Waals surface area contributed by atoms with Gasteiger partial charge in [0.1, 0.15) is 5.82 Å². The maximum absolute atomic E-state index is 13.7. The van der Waals surface area contributed by atoms with Crippen LogP contribution in [-0.4, -0.2) is 33.5 Å². The molecule has 166 valence electrons. The van der Waals surface area contributed by atoms with Crippen LogP contribution in [0.4, 0.5) is 4.39 Å². The van der Waals surface area contributed by atoms with E-state index in [1.807, 2.05) is 29.2 Å². The topological polar surface area (TPSA) is 49.7 Å². The molecule has 7 heteroatoms. The quantitative estimate of drug-likeness (QED) is 0.658. The van der Waals surface area contributed by atoms with Gasteiger partial charge in [-0.2, -0.15) is 4.94 Å². The number of carbonyl (C=O) groups excluding carboxylic acids is 1. The zero-order valence-electron chi connectivity index (χ0n) is 17.9. The van der Waals surface area contributed by atoms with Crippen LogP contribution in [0.25, 0.3) is 10.9 Å². The van der Waals surface area contributed by atoms with Crippen LogP contribution in [0.15, 0.2) is 90.5 Å². The molecule has 6 rings (SSSR count). The molecule has 1 saturated heterocycles. The lowest BCUT2D eigenvalue weighted by Gasteiger charge is -2.21. The number of amides is 1. The largest absolute Gasteiger partial charge is 0.343 e. The molecule has 1 fully saturated rings. The standard InChI is InChI=1S/C26H23FN4O2/c27-21-5-3-4-18(12-21)15-30-17-24(23-6-1-2-7-25(23)30)20-8-10-29(16-20)26(32)19-9-11-31-22(13-19)14-28-33-31/h1-7,9,11-14,17,20,28H,8,10,15-16H2. The number of fused-ring (bicyclic) bond motifs is 2. The molecule has 3 aliphatic rings. The monoisotopic (exact) mass is 442 g/mol. The number of carbonyl (C=O) groups is 1. The van der Waals surface area contributed by atoms with E-state index in [-0.39, 0.29) is 17.6 Å². The van der Waals surface area contributed by atoms with Crippen molar-refractivity contribution in [2.24, 2.45) is 0 Å². The number of allylic oxidation sites excluding steroid dienone is 1. The summed E-state index contributed by atoms with van der Waals surface area (Å²) in [6, 6.07) is 15.1. The van der Waals surface area contributed by atoms with Crippen LogP contribution in [0.1, 0.15) is 23.5 Å². The maximum atomic E-state index is 13.7. The van der Waals surface area contributed by atoms with Gasteiger partial charge in [-0.15, -0.1) is 0 Å². The third kappa shape index (κ3) is 3.60. The van der Waals surface area contributed by atoms with Crippen LogP contribution in [0, 0.1) is 5.82 Å². The number of halogens is 1. The van der Waals surface area contributed by atoms with Gasteiger partial charge >= 0.3 is 0 Å². The van der Waals surface area contributed by atoms with E-state index in [1.165, 1.54) is 17.0 Å². The van der Waals surface area contributed by atoms with Gasteiger partial charge in [0.05, 0.1) is 11.9 Å². The van der Waals surface area contributed by atoms with Crippen molar-refractivity contribution in [3.63, 3.8) is 0 Å². The van der Waals surface area contributed by atoms with E-state index in [2.05, 4.69) is 28.4 Å².